The maximum absolute atomic E-state index is 14.0. The number of halogens is 4. The first-order chi connectivity index (χ1) is 10.8. The lowest BCUT2D eigenvalue weighted by atomic mass is 10.00. The molecule has 0 aliphatic heterocycles. The summed E-state index contributed by atoms with van der Waals surface area (Å²) in [5.41, 5.74) is 6.38. The lowest BCUT2D eigenvalue weighted by Crippen LogP contribution is -2.03. The molecule has 0 aliphatic carbocycles. The molecule has 3 rings (SSSR count). The van der Waals surface area contributed by atoms with Gasteiger partial charge in [-0.25, -0.2) is 8.78 Å². The Labute approximate surface area is 143 Å². The van der Waals surface area contributed by atoms with Crippen LogP contribution < -0.4 is 5.73 Å². The number of nitrogens with zero attached hydrogens (tertiary/aromatic N) is 2. The highest BCUT2D eigenvalue weighted by Gasteiger charge is 2.13. The van der Waals surface area contributed by atoms with Crippen LogP contribution >= 0.6 is 24.8 Å². The third-order valence-corrected chi connectivity index (χ3v) is 3.21. The highest BCUT2D eigenvalue weighted by atomic mass is 35.5. The molecule has 0 spiro atoms. The van der Waals surface area contributed by atoms with E-state index in [2.05, 4.69) is 5.10 Å². The summed E-state index contributed by atoms with van der Waals surface area (Å²) in [6.07, 6.45) is 1.35. The van der Waals surface area contributed by atoms with Crippen LogP contribution in [0.25, 0.3) is 22.0 Å². The Balaban J connectivity index is 0.00000156. The number of hydrogen-bond donors (Lipinski definition) is 1. The molecule has 0 bridgehead atoms. The van der Waals surface area contributed by atoms with Gasteiger partial charge in [0.15, 0.2) is 0 Å². The molecule has 0 saturated heterocycles. The second-order valence-electron chi connectivity index (χ2n) is 4.43. The first-order valence-corrected chi connectivity index (χ1v) is 5.98. The second-order valence-corrected chi connectivity index (χ2v) is 4.43. The van der Waals surface area contributed by atoms with E-state index in [1.807, 2.05) is 0 Å². The van der Waals surface area contributed by atoms with Crippen LogP contribution in [0.4, 0.5) is 8.78 Å². The molecule has 0 saturated carbocycles. The fraction of sp³-hybridized carbons (Fsp3) is 0.133. The topological polar surface area (TPSA) is 43.8 Å². The van der Waals surface area contributed by atoms with E-state index < -0.39 is 18.6 Å². The van der Waals surface area contributed by atoms with Gasteiger partial charge >= 0.3 is 0 Å². The van der Waals surface area contributed by atoms with Gasteiger partial charge in [-0.2, -0.15) is 5.10 Å². The van der Waals surface area contributed by atoms with Crippen molar-refractivity contribution in [3.05, 3.63) is 53.7 Å². The summed E-state index contributed by atoms with van der Waals surface area (Å²) < 4.78 is 51.0. The molecular formula is C15H15Cl2F2N3. The number of aromatic nitrogens is 2. The summed E-state index contributed by atoms with van der Waals surface area (Å²) in [7, 11) is 0. The second kappa shape index (κ2) is 7.05. The van der Waals surface area contributed by atoms with E-state index in [4.69, 9.17) is 9.85 Å². The molecule has 3 nitrogen and oxygen atoms in total. The summed E-state index contributed by atoms with van der Waals surface area (Å²) in [6, 6.07) is 7.33. The van der Waals surface area contributed by atoms with Gasteiger partial charge in [0.05, 0.1) is 5.52 Å². The Morgan fingerprint density at radius 1 is 1.23 bits per heavy atom. The number of rotatable bonds is 2. The van der Waals surface area contributed by atoms with Crippen molar-refractivity contribution in [3.63, 3.8) is 0 Å². The molecule has 0 radical (unpaired) electrons. The van der Waals surface area contributed by atoms with Gasteiger partial charge in [0, 0.05) is 34.8 Å². The Morgan fingerprint density at radius 3 is 2.50 bits per heavy atom. The zero-order valence-electron chi connectivity index (χ0n) is 14.2. The number of fused-ring (bicyclic) bond motifs is 1. The molecule has 0 aliphatic rings. The molecule has 3 aromatic rings. The van der Waals surface area contributed by atoms with Crippen LogP contribution in [0.5, 0.6) is 0 Å². The number of benzene rings is 2. The molecule has 2 N–H and O–H groups in total. The Hall–Kier alpha value is -1.69. The standard InChI is InChI=1S/C15H13F2N3.2ClH/c1-20-8-12-10(3-2-4-15(12)19-20)9-5-13(16)11(7-18)14(17)6-9;;/h2-6,8H,7,18H2,1H3;2*1H/i1D3;;. The minimum Gasteiger partial charge on any atom is -0.326 e. The van der Waals surface area contributed by atoms with Crippen molar-refractivity contribution in [1.82, 2.24) is 9.78 Å². The third-order valence-electron chi connectivity index (χ3n) is 3.21. The van der Waals surface area contributed by atoms with Gasteiger partial charge in [-0.15, -0.1) is 24.8 Å². The fourth-order valence-electron chi connectivity index (χ4n) is 2.25. The molecule has 7 heteroatoms. The Bertz CT molecular complexity index is 874. The van der Waals surface area contributed by atoms with Crippen molar-refractivity contribution in [2.75, 3.05) is 0 Å². The molecule has 22 heavy (non-hydrogen) atoms. The molecule has 2 aromatic carbocycles. The van der Waals surface area contributed by atoms with Crippen LogP contribution in [0.3, 0.4) is 0 Å². The van der Waals surface area contributed by atoms with Crippen molar-refractivity contribution >= 4 is 35.7 Å². The smallest absolute Gasteiger partial charge is 0.131 e. The van der Waals surface area contributed by atoms with E-state index in [0.717, 1.165) is 4.68 Å². The van der Waals surface area contributed by atoms with E-state index in [0.29, 0.717) is 22.0 Å². The normalized spacial score (nSPS) is 12.8. The molecule has 0 unspecified atom stereocenters. The molecule has 0 fully saturated rings. The van der Waals surface area contributed by atoms with Crippen molar-refractivity contribution in [2.24, 2.45) is 12.7 Å². The zero-order valence-corrected chi connectivity index (χ0v) is 12.8. The predicted molar refractivity (Wildman–Crippen MR) is 88.5 cm³/mol. The first kappa shape index (κ1) is 13.9. The summed E-state index contributed by atoms with van der Waals surface area (Å²) in [5.74, 6) is -1.47. The van der Waals surface area contributed by atoms with Gasteiger partial charge in [-0.05, 0) is 29.3 Å². The van der Waals surface area contributed by atoms with E-state index in [9.17, 15) is 8.78 Å². The summed E-state index contributed by atoms with van der Waals surface area (Å²) in [4.78, 5) is 0. The average molecular weight is 349 g/mol. The summed E-state index contributed by atoms with van der Waals surface area (Å²) in [6.45, 7) is -2.66. The number of aryl methyl sites for hydroxylation is 1. The Kier molecular flexibility index (Phi) is 4.46. The van der Waals surface area contributed by atoms with Crippen LogP contribution in [0, 0.1) is 11.6 Å². The SMILES string of the molecule is Cl.Cl.[2H]C([2H])([2H])n1cc2c(-c3cc(F)c(CN)c(F)c3)cccc2n1. The van der Waals surface area contributed by atoms with E-state index in [-0.39, 0.29) is 36.9 Å². The Morgan fingerprint density at radius 2 is 1.91 bits per heavy atom. The molecule has 1 aromatic heterocycles. The van der Waals surface area contributed by atoms with Gasteiger partial charge in [0.2, 0.25) is 0 Å². The molecule has 0 amide bonds. The minimum absolute atomic E-state index is 0. The lowest BCUT2D eigenvalue weighted by molar-refractivity contribution is 0.558. The van der Waals surface area contributed by atoms with E-state index >= 15 is 0 Å². The highest BCUT2D eigenvalue weighted by Crippen LogP contribution is 2.30. The van der Waals surface area contributed by atoms with Crippen molar-refractivity contribution < 1.29 is 12.9 Å². The predicted octanol–water partition coefficient (Wildman–Crippen LogP) is 3.82. The zero-order chi connectivity index (χ0) is 16.8. The highest BCUT2D eigenvalue weighted by molar-refractivity contribution is 5.94. The first-order valence-electron chi connectivity index (χ1n) is 7.48. The van der Waals surface area contributed by atoms with Gasteiger partial charge < -0.3 is 5.73 Å². The van der Waals surface area contributed by atoms with Gasteiger partial charge in [0.25, 0.3) is 0 Å². The quantitative estimate of drug-likeness (QED) is 0.764. The minimum atomic E-state index is -2.42. The van der Waals surface area contributed by atoms with Gasteiger partial charge in [-0.1, -0.05) is 12.1 Å². The fourth-order valence-corrected chi connectivity index (χ4v) is 2.25. The van der Waals surface area contributed by atoms with Crippen LogP contribution in [0.2, 0.25) is 0 Å². The summed E-state index contributed by atoms with van der Waals surface area (Å²) in [5, 5.41) is 4.50. The lowest BCUT2D eigenvalue weighted by Gasteiger charge is -2.07. The van der Waals surface area contributed by atoms with Crippen molar-refractivity contribution in [1.29, 1.82) is 0 Å². The maximum atomic E-state index is 14.0. The average Bonchev–Trinajstić information content (AvgIpc) is 2.90. The molecule has 0 atom stereocenters. The number of hydrogen-bond acceptors (Lipinski definition) is 2. The molecule has 1 heterocycles. The molecular weight excluding hydrogens is 331 g/mol. The summed E-state index contributed by atoms with van der Waals surface area (Å²) >= 11 is 0. The maximum Gasteiger partial charge on any atom is 0.131 e. The monoisotopic (exact) mass is 348 g/mol. The van der Waals surface area contributed by atoms with Crippen LogP contribution in [0.1, 0.15) is 9.68 Å². The van der Waals surface area contributed by atoms with E-state index in [1.165, 1.54) is 18.3 Å². The number of nitrogens with two attached hydrogens (primary N) is 1. The largest absolute Gasteiger partial charge is 0.326 e. The van der Waals surface area contributed by atoms with Crippen molar-refractivity contribution in [2.45, 2.75) is 6.54 Å². The van der Waals surface area contributed by atoms with Gasteiger partial charge in [0.1, 0.15) is 11.6 Å². The van der Waals surface area contributed by atoms with E-state index in [1.54, 1.807) is 18.2 Å². The van der Waals surface area contributed by atoms with Crippen molar-refractivity contribution in [3.8, 4) is 11.1 Å². The van der Waals surface area contributed by atoms with Gasteiger partial charge in [-0.3, -0.25) is 4.68 Å². The van der Waals surface area contributed by atoms with Crippen LogP contribution in [-0.4, -0.2) is 9.78 Å². The van der Waals surface area contributed by atoms with Crippen LogP contribution in [0.15, 0.2) is 36.5 Å². The molecule has 118 valence electrons. The van der Waals surface area contributed by atoms with Crippen LogP contribution in [-0.2, 0) is 13.5 Å². The third kappa shape index (κ3) is 3.06.